The van der Waals surface area contributed by atoms with E-state index in [-0.39, 0.29) is 28.5 Å². The molecule has 0 spiro atoms. The highest BCUT2D eigenvalue weighted by Gasteiger charge is 2.46. The minimum Gasteiger partial charge on any atom is -0.507 e. The monoisotopic (exact) mass is 486 g/mol. The quantitative estimate of drug-likeness (QED) is 0.200. The second-order valence-electron chi connectivity index (χ2n) is 8.03. The van der Waals surface area contributed by atoms with Crippen LogP contribution in [0, 0.1) is 0 Å². The van der Waals surface area contributed by atoms with Crippen molar-refractivity contribution in [2.45, 2.75) is 19.9 Å². The van der Waals surface area contributed by atoms with Gasteiger partial charge in [-0.05, 0) is 56.9 Å². The zero-order valence-corrected chi connectivity index (χ0v) is 20.3. The van der Waals surface area contributed by atoms with E-state index >= 15 is 0 Å². The minimum atomic E-state index is -0.849. The number of amides is 1. The second-order valence-corrected chi connectivity index (χ2v) is 8.44. The number of hydrogen-bond acceptors (Lipinski definition) is 7. The van der Waals surface area contributed by atoms with Crippen LogP contribution in [0.2, 0.25) is 5.02 Å². The van der Waals surface area contributed by atoms with Crippen LogP contribution in [0.15, 0.2) is 48.0 Å². The molecule has 34 heavy (non-hydrogen) atoms. The molecule has 1 aliphatic rings. The van der Waals surface area contributed by atoms with Crippen LogP contribution in [-0.2, 0) is 14.4 Å². The second kappa shape index (κ2) is 10.7. The number of Topliss-reactive ketones (excluding diaryl/α,β-unsaturated/α-hetero) is 1. The van der Waals surface area contributed by atoms with Crippen molar-refractivity contribution in [3.63, 3.8) is 0 Å². The van der Waals surface area contributed by atoms with Gasteiger partial charge < -0.3 is 24.4 Å². The first kappa shape index (κ1) is 25.3. The van der Waals surface area contributed by atoms with E-state index < -0.39 is 23.7 Å². The van der Waals surface area contributed by atoms with E-state index in [2.05, 4.69) is 0 Å². The van der Waals surface area contributed by atoms with Crippen molar-refractivity contribution >= 4 is 35.0 Å². The van der Waals surface area contributed by atoms with E-state index in [1.165, 1.54) is 17.9 Å². The summed E-state index contributed by atoms with van der Waals surface area (Å²) in [6.07, 6.45) is 0. The number of benzene rings is 2. The van der Waals surface area contributed by atoms with Crippen LogP contribution in [0.3, 0.4) is 0 Å². The average molecular weight is 487 g/mol. The maximum absolute atomic E-state index is 13.1. The first-order valence-corrected chi connectivity index (χ1v) is 11.2. The van der Waals surface area contributed by atoms with E-state index in [4.69, 9.17) is 21.1 Å². The summed E-state index contributed by atoms with van der Waals surface area (Å²) in [7, 11) is 3.72. The number of ketones is 1. The standard InChI is InChI=1S/C25H27ClN2O6/c1-5-33-18-10-11-20(26)19(14-18)23(30)21-22(16-6-8-17(9-7-16)34-15(2)29)28(13-12-27(3)4)25(32)24(21)31/h6-11,14,22,30H,5,12-13H2,1-4H3/b23-21+. The van der Waals surface area contributed by atoms with E-state index in [1.54, 1.807) is 36.4 Å². The zero-order valence-electron chi connectivity index (χ0n) is 19.5. The number of carbonyl (C=O) groups excluding carboxylic acids is 3. The fourth-order valence-electron chi connectivity index (χ4n) is 3.74. The summed E-state index contributed by atoms with van der Waals surface area (Å²) in [5.74, 6) is -1.57. The molecule has 3 rings (SSSR count). The van der Waals surface area contributed by atoms with Gasteiger partial charge in [-0.15, -0.1) is 0 Å². The van der Waals surface area contributed by atoms with Gasteiger partial charge in [-0.3, -0.25) is 14.4 Å². The summed E-state index contributed by atoms with van der Waals surface area (Å²) >= 11 is 6.34. The van der Waals surface area contributed by atoms with Crippen LogP contribution in [0.5, 0.6) is 11.5 Å². The molecule has 0 aliphatic carbocycles. The number of carbonyl (C=O) groups is 3. The maximum atomic E-state index is 13.1. The number of esters is 1. The molecule has 0 aromatic heterocycles. The van der Waals surface area contributed by atoms with Gasteiger partial charge in [0.25, 0.3) is 11.7 Å². The van der Waals surface area contributed by atoms with Gasteiger partial charge in [0.15, 0.2) is 0 Å². The molecular formula is C25H27ClN2O6. The molecule has 0 bridgehead atoms. The molecule has 2 aromatic carbocycles. The average Bonchev–Trinajstić information content (AvgIpc) is 3.03. The Morgan fingerprint density at radius 3 is 2.35 bits per heavy atom. The molecule has 1 atom stereocenters. The Bertz CT molecular complexity index is 1130. The summed E-state index contributed by atoms with van der Waals surface area (Å²) in [4.78, 5) is 40.7. The molecule has 9 heteroatoms. The molecule has 1 aliphatic heterocycles. The van der Waals surface area contributed by atoms with Crippen molar-refractivity contribution in [1.29, 1.82) is 0 Å². The van der Waals surface area contributed by atoms with Crippen LogP contribution in [0.25, 0.3) is 5.76 Å². The highest BCUT2D eigenvalue weighted by molar-refractivity contribution is 6.47. The number of rotatable bonds is 8. The van der Waals surface area contributed by atoms with E-state index in [0.29, 0.717) is 30.2 Å². The number of aliphatic hydroxyl groups excluding tert-OH is 1. The summed E-state index contributed by atoms with van der Waals surface area (Å²) in [6.45, 7) is 4.30. The van der Waals surface area contributed by atoms with Gasteiger partial charge in [-0.25, -0.2) is 0 Å². The van der Waals surface area contributed by atoms with Crippen LogP contribution in [-0.4, -0.2) is 66.4 Å². The Morgan fingerprint density at radius 1 is 1.12 bits per heavy atom. The van der Waals surface area contributed by atoms with E-state index in [0.717, 1.165) is 0 Å². The summed E-state index contributed by atoms with van der Waals surface area (Å²) in [5, 5.41) is 11.5. The molecule has 1 saturated heterocycles. The number of likely N-dealkylation sites (tertiary alicyclic amines) is 1. The molecular weight excluding hydrogens is 460 g/mol. The van der Waals surface area contributed by atoms with Gasteiger partial charge in [0.05, 0.1) is 23.2 Å². The third kappa shape index (κ3) is 5.40. The lowest BCUT2D eigenvalue weighted by Crippen LogP contribution is -2.35. The predicted molar refractivity (Wildman–Crippen MR) is 128 cm³/mol. The zero-order chi connectivity index (χ0) is 25.0. The number of nitrogens with zero attached hydrogens (tertiary/aromatic N) is 2. The fourth-order valence-corrected chi connectivity index (χ4v) is 3.94. The summed E-state index contributed by atoms with van der Waals surface area (Å²) < 4.78 is 10.6. The number of hydrogen-bond donors (Lipinski definition) is 1. The van der Waals surface area contributed by atoms with Crippen molar-refractivity contribution in [2.24, 2.45) is 0 Å². The topological polar surface area (TPSA) is 96.4 Å². The molecule has 0 saturated carbocycles. The van der Waals surface area contributed by atoms with Crippen molar-refractivity contribution < 1.29 is 29.0 Å². The first-order valence-electron chi connectivity index (χ1n) is 10.8. The smallest absolute Gasteiger partial charge is 0.308 e. The lowest BCUT2D eigenvalue weighted by atomic mass is 9.95. The Morgan fingerprint density at radius 2 is 1.76 bits per heavy atom. The van der Waals surface area contributed by atoms with Crippen LogP contribution >= 0.6 is 11.6 Å². The third-order valence-electron chi connectivity index (χ3n) is 5.29. The third-order valence-corrected chi connectivity index (χ3v) is 5.62. The molecule has 1 N–H and O–H groups in total. The fraction of sp³-hybridized carbons (Fsp3) is 0.320. The Kier molecular flexibility index (Phi) is 7.96. The van der Waals surface area contributed by atoms with Crippen LogP contribution in [0.1, 0.15) is 31.0 Å². The maximum Gasteiger partial charge on any atom is 0.308 e. The Balaban J connectivity index is 2.14. The predicted octanol–water partition coefficient (Wildman–Crippen LogP) is 3.65. The van der Waals surface area contributed by atoms with Gasteiger partial charge in [0.1, 0.15) is 17.3 Å². The molecule has 2 aromatic rings. The Labute approximate surface area is 203 Å². The van der Waals surface area contributed by atoms with E-state index in [9.17, 15) is 19.5 Å². The molecule has 1 fully saturated rings. The first-order chi connectivity index (χ1) is 16.1. The molecule has 1 heterocycles. The van der Waals surface area contributed by atoms with Crippen molar-refractivity contribution in [1.82, 2.24) is 9.80 Å². The molecule has 8 nitrogen and oxygen atoms in total. The van der Waals surface area contributed by atoms with Gasteiger partial charge in [0.2, 0.25) is 0 Å². The number of halogens is 1. The summed E-state index contributed by atoms with van der Waals surface area (Å²) in [5.41, 5.74) is 0.701. The van der Waals surface area contributed by atoms with Crippen LogP contribution in [0.4, 0.5) is 0 Å². The lowest BCUT2D eigenvalue weighted by Gasteiger charge is -2.26. The minimum absolute atomic E-state index is 0.0699. The molecule has 1 amide bonds. The molecule has 0 radical (unpaired) electrons. The van der Waals surface area contributed by atoms with Gasteiger partial charge in [-0.2, -0.15) is 0 Å². The highest BCUT2D eigenvalue weighted by Crippen LogP contribution is 2.41. The van der Waals surface area contributed by atoms with Crippen molar-refractivity contribution in [2.75, 3.05) is 33.8 Å². The van der Waals surface area contributed by atoms with Crippen molar-refractivity contribution in [3.05, 3.63) is 64.2 Å². The number of ether oxygens (including phenoxy) is 2. The SMILES string of the molecule is CCOc1ccc(Cl)c(/C(O)=C2\C(=O)C(=O)N(CCN(C)C)C2c2ccc(OC(C)=O)cc2)c1. The van der Waals surface area contributed by atoms with E-state index in [1.807, 2.05) is 25.9 Å². The largest absolute Gasteiger partial charge is 0.507 e. The van der Waals surface area contributed by atoms with Crippen molar-refractivity contribution in [3.8, 4) is 11.5 Å². The Hall–Kier alpha value is -3.36. The normalized spacial score (nSPS) is 17.4. The van der Waals surface area contributed by atoms with Gasteiger partial charge in [-0.1, -0.05) is 23.7 Å². The number of likely N-dealkylation sites (N-methyl/N-ethyl adjacent to an activating group) is 1. The molecule has 1 unspecified atom stereocenters. The summed E-state index contributed by atoms with van der Waals surface area (Å²) in [6, 6.07) is 10.4. The molecule has 180 valence electrons. The lowest BCUT2D eigenvalue weighted by molar-refractivity contribution is -0.140. The highest BCUT2D eigenvalue weighted by atomic mass is 35.5. The van der Waals surface area contributed by atoms with Crippen LogP contribution < -0.4 is 9.47 Å². The van der Waals surface area contributed by atoms with Gasteiger partial charge >= 0.3 is 5.97 Å². The number of aliphatic hydroxyl groups is 1. The van der Waals surface area contributed by atoms with Gasteiger partial charge in [0, 0.05) is 25.6 Å².